The van der Waals surface area contributed by atoms with Crippen molar-refractivity contribution in [3.05, 3.63) is 82.9 Å². The quantitative estimate of drug-likeness (QED) is 0.709. The second kappa shape index (κ2) is 6.03. The van der Waals surface area contributed by atoms with Crippen molar-refractivity contribution in [3.8, 4) is 6.07 Å². The van der Waals surface area contributed by atoms with Gasteiger partial charge in [-0.1, -0.05) is 54.6 Å². The summed E-state index contributed by atoms with van der Waals surface area (Å²) in [5, 5.41) is 9.54. The largest absolute Gasteiger partial charge is 0.423 e. The summed E-state index contributed by atoms with van der Waals surface area (Å²) in [5.41, 5.74) is 4.42. The molecule has 1 aliphatic carbocycles. The number of nitrogens with zero attached hydrogens (tertiary/aromatic N) is 3. The molecule has 1 fully saturated rings. The van der Waals surface area contributed by atoms with Crippen LogP contribution < -0.4 is 4.90 Å². The fraction of sp³-hybridized carbons (Fsp3) is 0.273. The van der Waals surface area contributed by atoms with Crippen molar-refractivity contribution < 1.29 is 4.42 Å². The molecule has 2 atom stereocenters. The highest BCUT2D eigenvalue weighted by atomic mass is 16.4. The molecule has 0 N–H and O–H groups in total. The smallest absolute Gasteiger partial charge is 0.235 e. The first-order valence-electron chi connectivity index (χ1n) is 9.11. The molecule has 0 bridgehead atoms. The zero-order valence-electron chi connectivity index (χ0n) is 14.4. The highest BCUT2D eigenvalue weighted by Crippen LogP contribution is 2.54. The van der Waals surface area contributed by atoms with Crippen molar-refractivity contribution in [3.63, 3.8) is 0 Å². The predicted octanol–water partition coefficient (Wildman–Crippen LogP) is 4.38. The van der Waals surface area contributed by atoms with E-state index in [-0.39, 0.29) is 5.92 Å². The Morgan fingerprint density at radius 2 is 1.77 bits per heavy atom. The molecule has 1 aromatic heterocycles. The standard InChI is InChI=1S/C22H19N3O/c23-13-20-22(25-11-10-15-6-4-5-9-17(15)14-25)26-21(24-20)19-12-18(19)16-7-2-1-3-8-16/h1-9,18-19H,10-12,14H2. The molecule has 0 radical (unpaired) electrons. The number of hydrogen-bond acceptors (Lipinski definition) is 4. The molecular formula is C22H19N3O. The topological polar surface area (TPSA) is 53.1 Å². The first-order valence-corrected chi connectivity index (χ1v) is 9.11. The Labute approximate surface area is 152 Å². The molecule has 4 heteroatoms. The maximum Gasteiger partial charge on any atom is 0.235 e. The van der Waals surface area contributed by atoms with Crippen molar-refractivity contribution in [2.45, 2.75) is 31.2 Å². The van der Waals surface area contributed by atoms with E-state index in [1.807, 2.05) is 6.07 Å². The van der Waals surface area contributed by atoms with Crippen LogP contribution in [-0.4, -0.2) is 11.5 Å². The summed E-state index contributed by atoms with van der Waals surface area (Å²) in [6, 6.07) is 21.2. The number of anilines is 1. The van der Waals surface area contributed by atoms with E-state index < -0.39 is 0 Å². The maximum absolute atomic E-state index is 9.54. The molecule has 2 aromatic carbocycles. The first-order chi connectivity index (χ1) is 12.8. The van der Waals surface area contributed by atoms with Crippen molar-refractivity contribution in [2.24, 2.45) is 0 Å². The van der Waals surface area contributed by atoms with Gasteiger partial charge in [0.15, 0.2) is 0 Å². The van der Waals surface area contributed by atoms with Gasteiger partial charge in [-0.25, -0.2) is 4.98 Å². The van der Waals surface area contributed by atoms with E-state index >= 15 is 0 Å². The van der Waals surface area contributed by atoms with E-state index in [1.54, 1.807) is 0 Å². The average Bonchev–Trinajstić information content (AvgIpc) is 3.39. The van der Waals surface area contributed by atoms with Crippen molar-refractivity contribution in [2.75, 3.05) is 11.4 Å². The van der Waals surface area contributed by atoms with Crippen molar-refractivity contribution in [1.82, 2.24) is 4.98 Å². The summed E-state index contributed by atoms with van der Waals surface area (Å²) in [4.78, 5) is 6.68. The number of oxazole rings is 1. The van der Waals surface area contributed by atoms with Crippen LogP contribution in [0.5, 0.6) is 0 Å². The van der Waals surface area contributed by atoms with Crippen molar-refractivity contribution in [1.29, 1.82) is 5.26 Å². The van der Waals surface area contributed by atoms with Gasteiger partial charge in [-0.15, -0.1) is 0 Å². The molecule has 1 aliphatic heterocycles. The van der Waals surface area contributed by atoms with Crippen LogP contribution in [0.3, 0.4) is 0 Å². The second-order valence-corrected chi connectivity index (χ2v) is 7.12. The van der Waals surface area contributed by atoms with Gasteiger partial charge in [0.25, 0.3) is 0 Å². The zero-order chi connectivity index (χ0) is 17.5. The molecule has 128 valence electrons. The lowest BCUT2D eigenvalue weighted by molar-refractivity contribution is 0.479. The number of aromatic nitrogens is 1. The molecular weight excluding hydrogens is 322 g/mol. The number of fused-ring (bicyclic) bond motifs is 1. The minimum atomic E-state index is 0.287. The van der Waals surface area contributed by atoms with Gasteiger partial charge < -0.3 is 9.32 Å². The van der Waals surface area contributed by atoms with Crippen molar-refractivity contribution >= 4 is 5.88 Å². The van der Waals surface area contributed by atoms with Gasteiger partial charge in [-0.2, -0.15) is 5.26 Å². The van der Waals surface area contributed by atoms with Crippen LogP contribution in [0.4, 0.5) is 5.88 Å². The fourth-order valence-corrected chi connectivity index (χ4v) is 3.98. The molecule has 3 aromatic rings. The molecule has 26 heavy (non-hydrogen) atoms. The SMILES string of the molecule is N#Cc1nc(C2CC2c2ccccc2)oc1N1CCc2ccccc2C1. The van der Waals surface area contributed by atoms with E-state index in [9.17, 15) is 5.26 Å². The molecule has 0 saturated heterocycles. The molecule has 5 rings (SSSR count). The summed E-state index contributed by atoms with van der Waals surface area (Å²) >= 11 is 0. The van der Waals surface area contributed by atoms with Gasteiger partial charge >= 0.3 is 0 Å². The van der Waals surface area contributed by atoms with E-state index in [0.717, 1.165) is 25.9 Å². The number of nitriles is 1. The normalized spacial score (nSPS) is 21.1. The Kier molecular flexibility index (Phi) is 3.53. The summed E-state index contributed by atoms with van der Waals surface area (Å²) < 4.78 is 6.13. The minimum Gasteiger partial charge on any atom is -0.423 e. The Bertz CT molecular complexity index is 986. The van der Waals surface area contributed by atoms with E-state index in [2.05, 4.69) is 64.5 Å². The van der Waals surface area contributed by atoms with E-state index in [4.69, 9.17) is 4.42 Å². The van der Waals surface area contributed by atoms with Crippen LogP contribution >= 0.6 is 0 Å². The van der Waals surface area contributed by atoms with Gasteiger partial charge in [-0.3, -0.25) is 0 Å². The van der Waals surface area contributed by atoms with Crippen LogP contribution in [0.15, 0.2) is 59.0 Å². The Morgan fingerprint density at radius 1 is 1.00 bits per heavy atom. The third-order valence-electron chi connectivity index (χ3n) is 5.48. The second-order valence-electron chi connectivity index (χ2n) is 7.12. The average molecular weight is 341 g/mol. The summed E-state index contributed by atoms with van der Waals surface area (Å²) in [6.45, 7) is 1.62. The Balaban J connectivity index is 1.41. The molecule has 2 aliphatic rings. The van der Waals surface area contributed by atoms with Crippen LogP contribution in [-0.2, 0) is 13.0 Å². The third kappa shape index (κ3) is 2.57. The number of hydrogen-bond donors (Lipinski definition) is 0. The van der Waals surface area contributed by atoms with E-state index in [1.165, 1.54) is 16.7 Å². The molecule has 0 amide bonds. The van der Waals surface area contributed by atoms with E-state index in [0.29, 0.717) is 23.4 Å². The van der Waals surface area contributed by atoms with Crippen LogP contribution in [0.1, 0.15) is 46.5 Å². The lowest BCUT2D eigenvalue weighted by atomic mass is 10.00. The van der Waals surface area contributed by atoms with Gasteiger partial charge in [0.1, 0.15) is 6.07 Å². The monoisotopic (exact) mass is 341 g/mol. The Hall–Kier alpha value is -3.06. The molecule has 2 unspecified atom stereocenters. The molecule has 4 nitrogen and oxygen atoms in total. The number of rotatable bonds is 3. The molecule has 0 spiro atoms. The minimum absolute atomic E-state index is 0.287. The van der Waals surface area contributed by atoms with Crippen LogP contribution in [0, 0.1) is 11.3 Å². The summed E-state index contributed by atoms with van der Waals surface area (Å²) in [6.07, 6.45) is 2.00. The maximum atomic E-state index is 9.54. The highest BCUT2D eigenvalue weighted by molar-refractivity contribution is 5.51. The third-order valence-corrected chi connectivity index (χ3v) is 5.48. The van der Waals surface area contributed by atoms with Gasteiger partial charge in [0.05, 0.1) is 0 Å². The summed E-state index contributed by atoms with van der Waals surface area (Å²) in [5.74, 6) is 2.09. The number of benzene rings is 2. The van der Waals surface area contributed by atoms with Gasteiger partial charge in [0, 0.05) is 19.0 Å². The molecule has 1 saturated carbocycles. The lowest BCUT2D eigenvalue weighted by Crippen LogP contribution is -2.30. The van der Waals surface area contributed by atoms with Gasteiger partial charge in [-0.05, 0) is 35.4 Å². The van der Waals surface area contributed by atoms with Gasteiger partial charge in [0.2, 0.25) is 17.5 Å². The first kappa shape index (κ1) is 15.2. The fourth-order valence-electron chi connectivity index (χ4n) is 3.98. The lowest BCUT2D eigenvalue weighted by Gasteiger charge is -2.28. The van der Waals surface area contributed by atoms with Crippen LogP contribution in [0.25, 0.3) is 0 Å². The van der Waals surface area contributed by atoms with Crippen LogP contribution in [0.2, 0.25) is 0 Å². The Morgan fingerprint density at radius 3 is 2.58 bits per heavy atom. The molecule has 2 heterocycles. The summed E-state index contributed by atoms with van der Waals surface area (Å²) in [7, 11) is 0. The highest BCUT2D eigenvalue weighted by Gasteiger charge is 2.44. The predicted molar refractivity (Wildman–Crippen MR) is 99.0 cm³/mol. The zero-order valence-corrected chi connectivity index (χ0v) is 14.4.